The van der Waals surface area contributed by atoms with Gasteiger partial charge in [0, 0.05) is 16.7 Å². The minimum absolute atomic E-state index is 0. The van der Waals surface area contributed by atoms with Crippen LogP contribution in [0.15, 0.2) is 42.5 Å². The van der Waals surface area contributed by atoms with Crippen molar-refractivity contribution in [3.63, 3.8) is 0 Å². The lowest BCUT2D eigenvalue weighted by Crippen LogP contribution is -1.78. The van der Waals surface area contributed by atoms with Gasteiger partial charge >= 0.3 is 0 Å². The van der Waals surface area contributed by atoms with Crippen molar-refractivity contribution in [2.75, 3.05) is 0 Å². The Balaban J connectivity index is 0.00000128. The van der Waals surface area contributed by atoms with Crippen LogP contribution < -0.4 is 0 Å². The van der Waals surface area contributed by atoms with E-state index in [4.69, 9.17) is 16.7 Å². The Morgan fingerprint density at radius 2 is 1.50 bits per heavy atom. The lowest BCUT2D eigenvalue weighted by atomic mass is 10.0. The molecule has 3 heteroatoms. The second-order valence-electron chi connectivity index (χ2n) is 3.21. The summed E-state index contributed by atoms with van der Waals surface area (Å²) in [6, 6.07) is 11.6. The maximum atomic E-state index is 9.62. The van der Waals surface area contributed by atoms with E-state index in [9.17, 15) is 5.11 Å². The molecule has 2 nitrogen and oxygen atoms in total. The molecule has 0 aromatic heterocycles. The summed E-state index contributed by atoms with van der Waals surface area (Å²) in [5.41, 5.74) is 1.53. The number of hydrogen-bond acceptors (Lipinski definition) is 2. The smallest absolute Gasteiger partial charge is 0.127 e. The molecule has 84 valence electrons. The Kier molecular flexibility index (Phi) is 3.80. The second kappa shape index (κ2) is 4.90. The summed E-state index contributed by atoms with van der Waals surface area (Å²) in [5, 5.41) is 19.4. The maximum Gasteiger partial charge on any atom is 0.127 e. The highest BCUT2D eigenvalue weighted by Crippen LogP contribution is 2.32. The van der Waals surface area contributed by atoms with Gasteiger partial charge in [-0.15, -0.1) is 0 Å². The van der Waals surface area contributed by atoms with E-state index in [0.29, 0.717) is 10.6 Å². The zero-order chi connectivity index (χ0) is 10.8. The topological polar surface area (TPSA) is 40.5 Å². The van der Waals surface area contributed by atoms with Gasteiger partial charge in [-0.3, -0.25) is 0 Å². The van der Waals surface area contributed by atoms with E-state index < -0.39 is 0 Å². The Labute approximate surface area is 99.8 Å². The van der Waals surface area contributed by atoms with Crippen LogP contribution in [-0.4, -0.2) is 10.2 Å². The molecule has 0 aliphatic heterocycles. The van der Waals surface area contributed by atoms with Gasteiger partial charge in [0.05, 0.1) is 0 Å². The van der Waals surface area contributed by atoms with Gasteiger partial charge in [-0.1, -0.05) is 31.2 Å². The lowest BCUT2D eigenvalue weighted by Gasteiger charge is -2.05. The van der Waals surface area contributed by atoms with Gasteiger partial charge in [0.2, 0.25) is 0 Å². The van der Waals surface area contributed by atoms with Gasteiger partial charge in [-0.25, -0.2) is 0 Å². The van der Waals surface area contributed by atoms with Crippen molar-refractivity contribution in [1.29, 1.82) is 0 Å². The van der Waals surface area contributed by atoms with Crippen molar-refractivity contribution in [3.8, 4) is 22.6 Å². The van der Waals surface area contributed by atoms with Crippen LogP contribution >= 0.6 is 11.6 Å². The first-order valence-corrected chi connectivity index (χ1v) is 4.82. The predicted octanol–water partition coefficient (Wildman–Crippen LogP) is 4.05. The van der Waals surface area contributed by atoms with Crippen LogP contribution in [0.4, 0.5) is 0 Å². The normalized spacial score (nSPS) is 9.56. The van der Waals surface area contributed by atoms with Gasteiger partial charge in [0.1, 0.15) is 11.5 Å². The number of hydrogen-bond donors (Lipinski definition) is 2. The quantitative estimate of drug-likeness (QED) is 0.784. The van der Waals surface area contributed by atoms with E-state index in [1.165, 1.54) is 12.1 Å². The molecule has 0 saturated carbocycles. The fraction of sp³-hybridized carbons (Fsp3) is 0.0769. The first-order valence-electron chi connectivity index (χ1n) is 4.45. The minimum atomic E-state index is 0. The molecule has 16 heavy (non-hydrogen) atoms. The van der Waals surface area contributed by atoms with Gasteiger partial charge in [0.25, 0.3) is 0 Å². The molecule has 0 saturated heterocycles. The molecule has 0 radical (unpaired) electrons. The van der Waals surface area contributed by atoms with E-state index in [1.54, 1.807) is 18.2 Å². The van der Waals surface area contributed by atoms with Crippen LogP contribution in [-0.2, 0) is 0 Å². The summed E-state index contributed by atoms with van der Waals surface area (Å²) in [5.74, 6) is 0.0996. The van der Waals surface area contributed by atoms with E-state index in [1.807, 2.05) is 12.1 Å². The van der Waals surface area contributed by atoms with Gasteiger partial charge in [0.15, 0.2) is 0 Å². The number of halogens is 1. The third kappa shape index (κ3) is 2.47. The molecular weight excluding hydrogens is 224 g/mol. The summed E-state index contributed by atoms with van der Waals surface area (Å²) < 4.78 is 0. The average Bonchev–Trinajstić information content (AvgIpc) is 2.20. The molecule has 2 aromatic rings. The second-order valence-corrected chi connectivity index (χ2v) is 3.64. The van der Waals surface area contributed by atoms with Crippen molar-refractivity contribution in [1.82, 2.24) is 0 Å². The van der Waals surface area contributed by atoms with E-state index in [0.717, 1.165) is 5.56 Å². The molecule has 0 aliphatic rings. The van der Waals surface area contributed by atoms with Gasteiger partial charge < -0.3 is 10.2 Å². The standard InChI is InChI=1S/C12H9ClO2.CH4/c13-9-3-1-8(2-4-9)11-6-5-10(14)7-12(11)15;/h1-7,14-15H;1H4. The van der Waals surface area contributed by atoms with Crippen LogP contribution in [0, 0.1) is 0 Å². The zero-order valence-electron chi connectivity index (χ0n) is 7.81. The molecular formula is C13H13ClO2. The van der Waals surface area contributed by atoms with Crippen LogP contribution in [0.1, 0.15) is 7.43 Å². The zero-order valence-corrected chi connectivity index (χ0v) is 8.57. The molecule has 0 aliphatic carbocycles. The first kappa shape index (κ1) is 12.4. The minimum Gasteiger partial charge on any atom is -0.508 e. The average molecular weight is 237 g/mol. The summed E-state index contributed by atoms with van der Waals surface area (Å²) in [7, 11) is 0. The molecule has 2 N–H and O–H groups in total. The Hall–Kier alpha value is -1.67. The highest BCUT2D eigenvalue weighted by atomic mass is 35.5. The Bertz CT molecular complexity index is 478. The highest BCUT2D eigenvalue weighted by Gasteiger charge is 2.04. The fourth-order valence-electron chi connectivity index (χ4n) is 1.39. The SMILES string of the molecule is C.Oc1ccc(-c2ccc(Cl)cc2)c(O)c1. The fourth-order valence-corrected chi connectivity index (χ4v) is 1.52. The molecule has 0 spiro atoms. The van der Waals surface area contributed by atoms with Gasteiger partial charge in [-0.05, 0) is 29.8 Å². The molecule has 0 fully saturated rings. The van der Waals surface area contributed by atoms with Crippen LogP contribution in [0.25, 0.3) is 11.1 Å². The summed E-state index contributed by atoms with van der Waals surface area (Å²) in [6.07, 6.45) is 0. The summed E-state index contributed by atoms with van der Waals surface area (Å²) >= 11 is 5.76. The molecule has 0 unspecified atom stereocenters. The van der Waals surface area contributed by atoms with Crippen molar-refractivity contribution in [3.05, 3.63) is 47.5 Å². The van der Waals surface area contributed by atoms with Crippen molar-refractivity contribution >= 4 is 11.6 Å². The predicted molar refractivity (Wildman–Crippen MR) is 66.9 cm³/mol. The van der Waals surface area contributed by atoms with E-state index in [-0.39, 0.29) is 18.9 Å². The van der Waals surface area contributed by atoms with Crippen LogP contribution in [0.5, 0.6) is 11.5 Å². The van der Waals surface area contributed by atoms with Crippen molar-refractivity contribution in [2.24, 2.45) is 0 Å². The third-order valence-corrected chi connectivity index (χ3v) is 2.39. The number of phenolic OH excluding ortho intramolecular Hbond substituents is 2. The Morgan fingerprint density at radius 3 is 2.06 bits per heavy atom. The number of aromatic hydroxyl groups is 2. The number of benzene rings is 2. The molecule has 2 aromatic carbocycles. The Morgan fingerprint density at radius 1 is 0.875 bits per heavy atom. The number of rotatable bonds is 1. The summed E-state index contributed by atoms with van der Waals surface area (Å²) in [6.45, 7) is 0. The largest absolute Gasteiger partial charge is 0.508 e. The monoisotopic (exact) mass is 236 g/mol. The van der Waals surface area contributed by atoms with Crippen molar-refractivity contribution < 1.29 is 10.2 Å². The number of phenols is 2. The molecule has 0 atom stereocenters. The molecule has 0 amide bonds. The molecule has 2 rings (SSSR count). The third-order valence-electron chi connectivity index (χ3n) is 2.14. The summed E-state index contributed by atoms with van der Waals surface area (Å²) in [4.78, 5) is 0. The highest BCUT2D eigenvalue weighted by molar-refractivity contribution is 6.30. The van der Waals surface area contributed by atoms with Gasteiger partial charge in [-0.2, -0.15) is 0 Å². The molecule has 0 heterocycles. The molecule has 0 bridgehead atoms. The van der Waals surface area contributed by atoms with Crippen LogP contribution in [0.2, 0.25) is 5.02 Å². The first-order chi connectivity index (χ1) is 7.16. The van der Waals surface area contributed by atoms with E-state index in [2.05, 4.69) is 0 Å². The van der Waals surface area contributed by atoms with Crippen LogP contribution in [0.3, 0.4) is 0 Å². The van der Waals surface area contributed by atoms with E-state index >= 15 is 0 Å². The lowest BCUT2D eigenvalue weighted by molar-refractivity contribution is 0.452. The van der Waals surface area contributed by atoms with Crippen molar-refractivity contribution in [2.45, 2.75) is 7.43 Å². The maximum absolute atomic E-state index is 9.62.